The Balaban J connectivity index is 2.88. The fraction of sp³-hybridized carbons (Fsp3) is 0.727. The number of nitrogens with two attached hydrogens (primary N) is 1. The summed E-state index contributed by atoms with van der Waals surface area (Å²) in [6.45, 7) is 8.13. The minimum Gasteiger partial charge on any atom is -0.500 e. The second-order valence-corrected chi connectivity index (χ2v) is 4.94. The van der Waals surface area contributed by atoms with Crippen molar-refractivity contribution in [2.45, 2.75) is 39.7 Å². The molecule has 80 valence electrons. The highest BCUT2D eigenvalue weighted by Gasteiger charge is 2.41. The standard InChI is InChI=1S/C11H19NO2/c1-10(2,11(3,4)12)9(13)8-5-6-14-7-8/h7H,5-6,12H2,1-4H3. The maximum absolute atomic E-state index is 12.1. The molecule has 3 heteroatoms. The average molecular weight is 197 g/mol. The first kappa shape index (κ1) is 11.2. The van der Waals surface area contributed by atoms with Gasteiger partial charge < -0.3 is 10.5 Å². The van der Waals surface area contributed by atoms with Gasteiger partial charge in [0.2, 0.25) is 0 Å². The quantitative estimate of drug-likeness (QED) is 0.748. The van der Waals surface area contributed by atoms with Crippen LogP contribution < -0.4 is 5.73 Å². The van der Waals surface area contributed by atoms with E-state index in [1.54, 1.807) is 6.26 Å². The van der Waals surface area contributed by atoms with Crippen molar-refractivity contribution >= 4 is 5.78 Å². The topological polar surface area (TPSA) is 52.3 Å². The molecule has 0 aromatic heterocycles. The van der Waals surface area contributed by atoms with Crippen LogP contribution in [-0.2, 0) is 9.53 Å². The number of carbonyl (C=O) groups is 1. The number of Topliss-reactive ketones (excluding diaryl/α,β-unsaturated/α-hetero) is 1. The first-order chi connectivity index (χ1) is 6.27. The van der Waals surface area contributed by atoms with Crippen LogP contribution in [-0.4, -0.2) is 17.9 Å². The molecule has 3 nitrogen and oxygen atoms in total. The second kappa shape index (κ2) is 3.39. The van der Waals surface area contributed by atoms with E-state index in [2.05, 4.69) is 0 Å². The van der Waals surface area contributed by atoms with Crippen molar-refractivity contribution in [3.8, 4) is 0 Å². The minimum absolute atomic E-state index is 0.0995. The van der Waals surface area contributed by atoms with Crippen molar-refractivity contribution in [3.63, 3.8) is 0 Å². The smallest absolute Gasteiger partial charge is 0.169 e. The third-order valence-electron chi connectivity index (χ3n) is 3.18. The van der Waals surface area contributed by atoms with Gasteiger partial charge >= 0.3 is 0 Å². The molecule has 1 rings (SSSR count). The monoisotopic (exact) mass is 197 g/mol. The fourth-order valence-corrected chi connectivity index (χ4v) is 1.25. The summed E-state index contributed by atoms with van der Waals surface area (Å²) in [7, 11) is 0. The molecule has 0 radical (unpaired) electrons. The number of ether oxygens (including phenoxy) is 1. The van der Waals surface area contributed by atoms with Crippen LogP contribution in [0.3, 0.4) is 0 Å². The minimum atomic E-state index is -0.549. The number of carbonyl (C=O) groups excluding carboxylic acids is 1. The third-order valence-corrected chi connectivity index (χ3v) is 3.18. The highest BCUT2D eigenvalue weighted by molar-refractivity contribution is 6.00. The molecule has 0 fully saturated rings. The van der Waals surface area contributed by atoms with Gasteiger partial charge in [-0.3, -0.25) is 4.79 Å². The molecule has 0 unspecified atom stereocenters. The first-order valence-corrected chi connectivity index (χ1v) is 4.91. The lowest BCUT2D eigenvalue weighted by atomic mass is 9.70. The van der Waals surface area contributed by atoms with Crippen molar-refractivity contribution in [2.24, 2.45) is 11.1 Å². The second-order valence-electron chi connectivity index (χ2n) is 4.94. The highest BCUT2D eigenvalue weighted by Crippen LogP contribution is 2.33. The summed E-state index contributed by atoms with van der Waals surface area (Å²) in [6.07, 6.45) is 2.27. The largest absolute Gasteiger partial charge is 0.500 e. The lowest BCUT2D eigenvalue weighted by molar-refractivity contribution is -0.126. The summed E-state index contributed by atoms with van der Waals surface area (Å²) >= 11 is 0. The molecule has 1 aliphatic heterocycles. The molecule has 0 saturated carbocycles. The molecular formula is C11H19NO2. The zero-order valence-electron chi connectivity index (χ0n) is 9.39. The van der Waals surface area contributed by atoms with Gasteiger partial charge in [0.1, 0.15) is 0 Å². The summed E-state index contributed by atoms with van der Waals surface area (Å²) in [5.41, 5.74) is 5.68. The van der Waals surface area contributed by atoms with Gasteiger partial charge in [0, 0.05) is 22.9 Å². The Morgan fingerprint density at radius 3 is 2.36 bits per heavy atom. The molecular weight excluding hydrogens is 178 g/mol. The Morgan fingerprint density at radius 2 is 2.00 bits per heavy atom. The molecule has 0 aromatic rings. The van der Waals surface area contributed by atoms with Crippen LogP contribution in [0.2, 0.25) is 0 Å². The van der Waals surface area contributed by atoms with Crippen molar-refractivity contribution in [3.05, 3.63) is 11.8 Å². The Kier molecular flexibility index (Phi) is 2.72. The van der Waals surface area contributed by atoms with Gasteiger partial charge in [-0.25, -0.2) is 0 Å². The molecule has 0 amide bonds. The first-order valence-electron chi connectivity index (χ1n) is 4.91. The predicted molar refractivity (Wildman–Crippen MR) is 55.7 cm³/mol. The van der Waals surface area contributed by atoms with E-state index in [1.165, 1.54) is 0 Å². The molecule has 0 atom stereocenters. The normalized spacial score (nSPS) is 17.6. The van der Waals surface area contributed by atoms with Crippen LogP contribution in [0.25, 0.3) is 0 Å². The molecule has 2 N–H and O–H groups in total. The zero-order chi connectivity index (χ0) is 11.0. The Bertz CT molecular complexity index is 272. The van der Waals surface area contributed by atoms with E-state index in [4.69, 9.17) is 10.5 Å². The van der Waals surface area contributed by atoms with Gasteiger partial charge in [-0.2, -0.15) is 0 Å². The molecule has 0 bridgehead atoms. The Hall–Kier alpha value is -0.830. The van der Waals surface area contributed by atoms with E-state index in [9.17, 15) is 4.79 Å². The lowest BCUT2D eigenvalue weighted by Gasteiger charge is -2.37. The van der Waals surface area contributed by atoms with E-state index in [0.717, 1.165) is 5.57 Å². The molecule has 1 heterocycles. The van der Waals surface area contributed by atoms with Crippen LogP contribution in [0.15, 0.2) is 11.8 Å². The Labute approximate surface area is 85.3 Å². The van der Waals surface area contributed by atoms with E-state index in [-0.39, 0.29) is 5.78 Å². The van der Waals surface area contributed by atoms with Gasteiger partial charge in [0.25, 0.3) is 0 Å². The van der Waals surface area contributed by atoms with Crippen molar-refractivity contribution < 1.29 is 9.53 Å². The van der Waals surface area contributed by atoms with Crippen LogP contribution in [0.4, 0.5) is 0 Å². The summed E-state index contributed by atoms with van der Waals surface area (Å²) in [5, 5.41) is 0. The predicted octanol–water partition coefficient (Wildman–Crippen LogP) is 1.62. The number of hydrogen-bond acceptors (Lipinski definition) is 3. The number of rotatable bonds is 3. The maximum Gasteiger partial charge on any atom is 0.169 e. The third kappa shape index (κ3) is 1.82. The van der Waals surface area contributed by atoms with Gasteiger partial charge in [-0.1, -0.05) is 13.8 Å². The van der Waals surface area contributed by atoms with Crippen molar-refractivity contribution in [2.75, 3.05) is 6.61 Å². The summed E-state index contributed by atoms with van der Waals surface area (Å²) in [4.78, 5) is 12.1. The van der Waals surface area contributed by atoms with Gasteiger partial charge in [0.15, 0.2) is 5.78 Å². The SMILES string of the molecule is CC(C)(N)C(C)(C)C(=O)C1=COCC1. The fourth-order valence-electron chi connectivity index (χ4n) is 1.25. The molecule has 0 aromatic carbocycles. The van der Waals surface area contributed by atoms with E-state index >= 15 is 0 Å². The van der Waals surface area contributed by atoms with Crippen LogP contribution in [0, 0.1) is 5.41 Å². The zero-order valence-corrected chi connectivity index (χ0v) is 9.39. The number of ketones is 1. The van der Waals surface area contributed by atoms with Crippen molar-refractivity contribution in [1.82, 2.24) is 0 Å². The maximum atomic E-state index is 12.1. The molecule has 0 saturated heterocycles. The average Bonchev–Trinajstić information content (AvgIpc) is 2.52. The molecule has 1 aliphatic rings. The van der Waals surface area contributed by atoms with E-state index < -0.39 is 11.0 Å². The van der Waals surface area contributed by atoms with E-state index in [0.29, 0.717) is 13.0 Å². The summed E-state index contributed by atoms with van der Waals surface area (Å²) in [6, 6.07) is 0. The number of hydrogen-bond donors (Lipinski definition) is 1. The molecule has 14 heavy (non-hydrogen) atoms. The van der Waals surface area contributed by atoms with Gasteiger partial charge in [-0.15, -0.1) is 0 Å². The van der Waals surface area contributed by atoms with Gasteiger partial charge in [-0.05, 0) is 13.8 Å². The lowest BCUT2D eigenvalue weighted by Crippen LogP contribution is -2.52. The molecule has 0 spiro atoms. The summed E-state index contributed by atoms with van der Waals surface area (Å²) in [5.74, 6) is 0.0995. The molecule has 0 aliphatic carbocycles. The highest BCUT2D eigenvalue weighted by atomic mass is 16.5. The Morgan fingerprint density at radius 1 is 1.43 bits per heavy atom. The summed E-state index contributed by atoms with van der Waals surface area (Å²) < 4.78 is 5.06. The van der Waals surface area contributed by atoms with Crippen molar-refractivity contribution in [1.29, 1.82) is 0 Å². The van der Waals surface area contributed by atoms with Crippen LogP contribution in [0.5, 0.6) is 0 Å². The van der Waals surface area contributed by atoms with E-state index in [1.807, 2.05) is 27.7 Å². The van der Waals surface area contributed by atoms with Gasteiger partial charge in [0.05, 0.1) is 12.9 Å². The van der Waals surface area contributed by atoms with Crippen LogP contribution >= 0.6 is 0 Å². The van der Waals surface area contributed by atoms with Crippen LogP contribution in [0.1, 0.15) is 34.1 Å².